The second-order valence-corrected chi connectivity index (χ2v) is 4.68. The molecule has 2 N–H and O–H groups in total. The number of ether oxygens (including phenoxy) is 1. The Hall–Kier alpha value is -1.23. The van der Waals surface area contributed by atoms with E-state index in [4.69, 9.17) is 10.5 Å². The summed E-state index contributed by atoms with van der Waals surface area (Å²) in [5.74, 6) is 1.65. The molecule has 1 aliphatic carbocycles. The Labute approximate surface area is 102 Å². The second-order valence-electron chi connectivity index (χ2n) is 4.68. The molecule has 1 aromatic rings. The van der Waals surface area contributed by atoms with Crippen molar-refractivity contribution in [2.45, 2.75) is 51.0 Å². The minimum atomic E-state index is -0.363. The van der Waals surface area contributed by atoms with Crippen LogP contribution in [0, 0.1) is 6.92 Å². The van der Waals surface area contributed by atoms with Gasteiger partial charge in [-0.05, 0) is 19.8 Å². The summed E-state index contributed by atoms with van der Waals surface area (Å²) in [5.41, 5.74) is 5.34. The summed E-state index contributed by atoms with van der Waals surface area (Å²) in [7, 11) is 1.74. The molecular weight excluding hydrogens is 216 g/mol. The molecule has 0 aromatic carbocycles. The van der Waals surface area contributed by atoms with Crippen LogP contribution in [-0.2, 0) is 10.3 Å². The number of nitrogen functional groups attached to an aromatic ring is 1. The van der Waals surface area contributed by atoms with E-state index in [2.05, 4.69) is 15.0 Å². The molecule has 5 nitrogen and oxygen atoms in total. The number of anilines is 1. The van der Waals surface area contributed by atoms with Crippen molar-refractivity contribution < 1.29 is 4.74 Å². The van der Waals surface area contributed by atoms with Crippen molar-refractivity contribution in [2.24, 2.45) is 0 Å². The van der Waals surface area contributed by atoms with E-state index < -0.39 is 0 Å². The molecule has 1 saturated carbocycles. The average molecular weight is 236 g/mol. The van der Waals surface area contributed by atoms with Crippen molar-refractivity contribution in [3.63, 3.8) is 0 Å². The maximum atomic E-state index is 5.75. The maximum absolute atomic E-state index is 5.75. The molecule has 0 atom stereocenters. The van der Waals surface area contributed by atoms with Gasteiger partial charge in [-0.2, -0.15) is 9.97 Å². The van der Waals surface area contributed by atoms with Crippen LogP contribution in [0.25, 0.3) is 0 Å². The number of rotatable bonds is 2. The smallest absolute Gasteiger partial charge is 0.223 e. The van der Waals surface area contributed by atoms with E-state index >= 15 is 0 Å². The lowest BCUT2D eigenvalue weighted by Gasteiger charge is -2.29. The van der Waals surface area contributed by atoms with Gasteiger partial charge in [-0.3, -0.25) is 0 Å². The van der Waals surface area contributed by atoms with Crippen LogP contribution >= 0.6 is 0 Å². The van der Waals surface area contributed by atoms with Crippen molar-refractivity contribution in [2.75, 3.05) is 12.8 Å². The summed E-state index contributed by atoms with van der Waals surface area (Å²) in [5, 5.41) is 0. The highest BCUT2D eigenvalue weighted by Gasteiger charge is 2.36. The molecule has 0 bridgehead atoms. The van der Waals surface area contributed by atoms with Crippen LogP contribution in [0.1, 0.15) is 50.2 Å². The largest absolute Gasteiger partial charge is 0.370 e. The number of methoxy groups -OCH3 is 1. The van der Waals surface area contributed by atoms with Crippen molar-refractivity contribution in [1.82, 2.24) is 15.0 Å². The van der Waals surface area contributed by atoms with Crippen molar-refractivity contribution >= 4 is 5.95 Å². The Morgan fingerprint density at radius 3 is 2.24 bits per heavy atom. The number of nitrogens with zero attached hydrogens (tertiary/aromatic N) is 3. The average Bonchev–Trinajstić information content (AvgIpc) is 2.53. The van der Waals surface area contributed by atoms with Crippen molar-refractivity contribution in [3.05, 3.63) is 11.6 Å². The molecule has 0 amide bonds. The van der Waals surface area contributed by atoms with E-state index in [9.17, 15) is 0 Å². The Kier molecular flexibility index (Phi) is 3.57. The fourth-order valence-electron chi connectivity index (χ4n) is 2.52. The summed E-state index contributed by atoms with van der Waals surface area (Å²) in [6.07, 6.45) is 6.74. The first-order chi connectivity index (χ1) is 8.16. The molecule has 0 spiro atoms. The monoisotopic (exact) mass is 236 g/mol. The normalized spacial score (nSPS) is 19.9. The van der Waals surface area contributed by atoms with Crippen LogP contribution in [0.2, 0.25) is 0 Å². The van der Waals surface area contributed by atoms with E-state index in [-0.39, 0.29) is 11.5 Å². The number of nitrogens with two attached hydrogens (primary N) is 1. The Bertz CT molecular complexity index is 366. The number of aromatic nitrogens is 3. The van der Waals surface area contributed by atoms with Gasteiger partial charge in [-0.1, -0.05) is 25.7 Å². The van der Waals surface area contributed by atoms with Gasteiger partial charge < -0.3 is 10.5 Å². The number of hydrogen-bond acceptors (Lipinski definition) is 5. The van der Waals surface area contributed by atoms with Crippen LogP contribution in [0.4, 0.5) is 5.95 Å². The van der Waals surface area contributed by atoms with Crippen molar-refractivity contribution in [1.29, 1.82) is 0 Å². The summed E-state index contributed by atoms with van der Waals surface area (Å²) < 4.78 is 5.75. The molecule has 0 saturated heterocycles. The highest BCUT2D eigenvalue weighted by atomic mass is 16.5. The van der Waals surface area contributed by atoms with Gasteiger partial charge >= 0.3 is 0 Å². The predicted octanol–water partition coefficient (Wildman–Crippen LogP) is 1.96. The Morgan fingerprint density at radius 1 is 1.06 bits per heavy atom. The molecule has 2 rings (SSSR count). The first-order valence-electron chi connectivity index (χ1n) is 6.20. The van der Waals surface area contributed by atoms with Gasteiger partial charge in [0.05, 0.1) is 0 Å². The maximum Gasteiger partial charge on any atom is 0.223 e. The summed E-state index contributed by atoms with van der Waals surface area (Å²) in [6.45, 7) is 1.83. The van der Waals surface area contributed by atoms with Crippen LogP contribution in [0.5, 0.6) is 0 Å². The van der Waals surface area contributed by atoms with E-state index in [1.165, 1.54) is 12.8 Å². The Balaban J connectivity index is 2.38. The van der Waals surface area contributed by atoms with Crippen LogP contribution in [0.15, 0.2) is 0 Å². The molecule has 94 valence electrons. The lowest BCUT2D eigenvalue weighted by atomic mass is 9.93. The molecule has 1 aliphatic rings. The lowest BCUT2D eigenvalue weighted by Crippen LogP contribution is -2.31. The van der Waals surface area contributed by atoms with E-state index in [0.29, 0.717) is 11.6 Å². The van der Waals surface area contributed by atoms with E-state index in [1.807, 2.05) is 6.92 Å². The molecular formula is C12H20N4O. The minimum Gasteiger partial charge on any atom is -0.370 e. The van der Waals surface area contributed by atoms with Crippen LogP contribution in [0.3, 0.4) is 0 Å². The molecule has 1 aromatic heterocycles. The van der Waals surface area contributed by atoms with Crippen LogP contribution in [-0.4, -0.2) is 22.1 Å². The molecule has 0 radical (unpaired) electrons. The predicted molar refractivity (Wildman–Crippen MR) is 65.4 cm³/mol. The van der Waals surface area contributed by atoms with E-state index in [1.54, 1.807) is 7.11 Å². The zero-order chi connectivity index (χ0) is 12.3. The first kappa shape index (κ1) is 12.2. The van der Waals surface area contributed by atoms with Gasteiger partial charge in [-0.15, -0.1) is 0 Å². The third-order valence-electron chi connectivity index (χ3n) is 3.47. The van der Waals surface area contributed by atoms with Crippen molar-refractivity contribution in [3.8, 4) is 0 Å². The van der Waals surface area contributed by atoms with Crippen LogP contribution < -0.4 is 5.73 Å². The van der Waals surface area contributed by atoms with Gasteiger partial charge in [0.15, 0.2) is 5.82 Å². The third kappa shape index (κ3) is 2.54. The molecule has 17 heavy (non-hydrogen) atoms. The fourth-order valence-corrected chi connectivity index (χ4v) is 2.52. The molecule has 5 heteroatoms. The molecule has 0 unspecified atom stereocenters. The zero-order valence-corrected chi connectivity index (χ0v) is 10.6. The first-order valence-corrected chi connectivity index (χ1v) is 6.20. The highest BCUT2D eigenvalue weighted by molar-refractivity contribution is 5.18. The lowest BCUT2D eigenvalue weighted by molar-refractivity contribution is -0.0353. The summed E-state index contributed by atoms with van der Waals surface area (Å²) >= 11 is 0. The van der Waals surface area contributed by atoms with Gasteiger partial charge in [0.2, 0.25) is 5.95 Å². The zero-order valence-electron chi connectivity index (χ0n) is 10.6. The standard InChI is InChI=1S/C12H20N4O/c1-9-14-10(16-11(13)15-9)12(17-2)7-5-3-4-6-8-12/h3-8H2,1-2H3,(H2,13,14,15,16). The van der Waals surface area contributed by atoms with Gasteiger partial charge in [0.25, 0.3) is 0 Å². The number of aryl methyl sites for hydroxylation is 1. The Morgan fingerprint density at radius 2 is 1.71 bits per heavy atom. The summed E-state index contributed by atoms with van der Waals surface area (Å²) in [4.78, 5) is 12.7. The molecule has 0 aliphatic heterocycles. The van der Waals surface area contributed by atoms with Gasteiger partial charge in [0.1, 0.15) is 11.4 Å². The van der Waals surface area contributed by atoms with Gasteiger partial charge in [-0.25, -0.2) is 4.98 Å². The summed E-state index contributed by atoms with van der Waals surface area (Å²) in [6, 6.07) is 0. The topological polar surface area (TPSA) is 73.9 Å². The van der Waals surface area contributed by atoms with Gasteiger partial charge in [0, 0.05) is 7.11 Å². The third-order valence-corrected chi connectivity index (χ3v) is 3.47. The quantitative estimate of drug-likeness (QED) is 0.794. The number of hydrogen-bond donors (Lipinski definition) is 1. The minimum absolute atomic E-state index is 0.285. The fraction of sp³-hybridized carbons (Fsp3) is 0.750. The second kappa shape index (κ2) is 4.96. The molecule has 1 fully saturated rings. The SMILES string of the molecule is COC1(c2nc(C)nc(N)n2)CCCCCC1. The molecule has 1 heterocycles. The van der Waals surface area contributed by atoms with E-state index in [0.717, 1.165) is 25.7 Å². The highest BCUT2D eigenvalue weighted by Crippen LogP contribution is 2.37.